The number of nitrogens with zero attached hydrogens (tertiary/aromatic N) is 2. The molecule has 3 aromatic carbocycles. The minimum Gasteiger partial charge on any atom is -0.273 e. The first-order chi connectivity index (χ1) is 15.1. The number of para-hydroxylation sites is 1. The highest BCUT2D eigenvalue weighted by Gasteiger charge is 2.60. The minimum atomic E-state index is -0.881. The molecule has 2 aliphatic heterocycles. The molecule has 5 rings (SSSR count). The molecule has 156 valence electrons. The molecule has 0 radical (unpaired) electrons. The van der Waals surface area contributed by atoms with Crippen LogP contribution in [0.4, 0.5) is 11.4 Å². The van der Waals surface area contributed by atoms with Crippen molar-refractivity contribution in [2.24, 2.45) is 5.92 Å². The Morgan fingerprint density at radius 1 is 0.839 bits per heavy atom. The first kappa shape index (κ1) is 20.1. The summed E-state index contributed by atoms with van der Waals surface area (Å²) in [7, 11) is 0. The van der Waals surface area contributed by atoms with Gasteiger partial charge in [0.05, 0.1) is 17.4 Å². The fourth-order valence-electron chi connectivity index (χ4n) is 4.20. The highest BCUT2D eigenvalue weighted by atomic mass is 35.5. The van der Waals surface area contributed by atoms with E-state index in [9.17, 15) is 9.59 Å². The van der Waals surface area contributed by atoms with Gasteiger partial charge in [0.25, 0.3) is 5.91 Å². The molecule has 2 saturated heterocycles. The molecule has 2 amide bonds. The van der Waals surface area contributed by atoms with Crippen molar-refractivity contribution >= 4 is 46.6 Å². The molecule has 0 spiro atoms. The molecule has 2 fully saturated rings. The Morgan fingerprint density at radius 3 is 2.16 bits per heavy atom. The lowest BCUT2D eigenvalue weighted by atomic mass is 9.90. The standard InChI is InChI=1S/C24H19ClN2O3S/c1-31-19-13-7-15(8-14-19)21-20-22(30-27(21)18-11-9-16(25)10-12-18)24(29)26(23(20)28)17-5-3-2-4-6-17/h2-14,20-22H,1H3/t20-,21+,22-/m1/s1. The second-order valence-electron chi connectivity index (χ2n) is 7.42. The summed E-state index contributed by atoms with van der Waals surface area (Å²) in [4.78, 5) is 35.3. The number of imide groups is 1. The van der Waals surface area contributed by atoms with E-state index in [1.807, 2.05) is 60.9 Å². The van der Waals surface area contributed by atoms with Gasteiger partial charge in [-0.1, -0.05) is 41.9 Å². The topological polar surface area (TPSA) is 49.9 Å². The number of anilines is 2. The number of carbonyl (C=O) groups is 2. The zero-order chi connectivity index (χ0) is 21.5. The first-order valence-electron chi connectivity index (χ1n) is 9.87. The summed E-state index contributed by atoms with van der Waals surface area (Å²) in [6.45, 7) is 0. The van der Waals surface area contributed by atoms with Gasteiger partial charge in [0.15, 0.2) is 6.10 Å². The predicted molar refractivity (Wildman–Crippen MR) is 122 cm³/mol. The molecule has 0 unspecified atom stereocenters. The Morgan fingerprint density at radius 2 is 1.52 bits per heavy atom. The summed E-state index contributed by atoms with van der Waals surface area (Å²) in [6, 6.07) is 23.8. The summed E-state index contributed by atoms with van der Waals surface area (Å²) >= 11 is 7.71. The highest BCUT2D eigenvalue weighted by Crippen LogP contribution is 2.47. The van der Waals surface area contributed by atoms with Gasteiger partial charge in [-0.25, -0.2) is 9.96 Å². The van der Waals surface area contributed by atoms with Crippen molar-refractivity contribution in [3.8, 4) is 0 Å². The number of hydrogen-bond acceptors (Lipinski definition) is 5. The third-order valence-corrected chi connectivity index (χ3v) is 6.66. The smallest absolute Gasteiger partial charge is 0.266 e. The fraction of sp³-hybridized carbons (Fsp3) is 0.167. The number of hydrogen-bond donors (Lipinski definition) is 0. The molecule has 31 heavy (non-hydrogen) atoms. The van der Waals surface area contributed by atoms with Gasteiger partial charge in [0.1, 0.15) is 5.92 Å². The summed E-state index contributed by atoms with van der Waals surface area (Å²) < 4.78 is 0. The molecule has 3 atom stereocenters. The molecule has 2 heterocycles. The van der Waals surface area contributed by atoms with Crippen LogP contribution in [-0.4, -0.2) is 24.2 Å². The maximum Gasteiger partial charge on any atom is 0.266 e. The summed E-state index contributed by atoms with van der Waals surface area (Å²) in [5, 5.41) is 2.28. The fourth-order valence-corrected chi connectivity index (χ4v) is 4.73. The van der Waals surface area contributed by atoms with Crippen LogP contribution in [-0.2, 0) is 14.4 Å². The van der Waals surface area contributed by atoms with Crippen LogP contribution in [0.2, 0.25) is 5.02 Å². The zero-order valence-corrected chi connectivity index (χ0v) is 18.2. The van der Waals surface area contributed by atoms with Crippen LogP contribution in [0, 0.1) is 5.92 Å². The highest BCUT2D eigenvalue weighted by molar-refractivity contribution is 7.98. The van der Waals surface area contributed by atoms with Gasteiger partial charge >= 0.3 is 0 Å². The van der Waals surface area contributed by atoms with Crippen molar-refractivity contribution in [2.75, 3.05) is 16.2 Å². The molecule has 0 saturated carbocycles. The lowest BCUT2D eigenvalue weighted by Gasteiger charge is -2.29. The van der Waals surface area contributed by atoms with Crippen LogP contribution < -0.4 is 9.96 Å². The van der Waals surface area contributed by atoms with E-state index in [1.165, 1.54) is 4.90 Å². The van der Waals surface area contributed by atoms with E-state index >= 15 is 0 Å². The van der Waals surface area contributed by atoms with Crippen LogP contribution in [0.25, 0.3) is 0 Å². The quantitative estimate of drug-likeness (QED) is 0.408. The summed E-state index contributed by atoms with van der Waals surface area (Å²) in [6.07, 6.45) is 1.13. The molecule has 0 aliphatic carbocycles. The number of carbonyl (C=O) groups excluding carboxylic acids is 2. The molecular formula is C24H19ClN2O3S. The average molecular weight is 451 g/mol. The lowest BCUT2D eigenvalue weighted by Crippen LogP contribution is -2.37. The molecular weight excluding hydrogens is 432 g/mol. The molecule has 3 aromatic rings. The third kappa shape index (κ3) is 3.41. The van der Waals surface area contributed by atoms with Crippen molar-refractivity contribution in [1.29, 1.82) is 0 Å². The van der Waals surface area contributed by atoms with Crippen molar-refractivity contribution in [2.45, 2.75) is 17.0 Å². The van der Waals surface area contributed by atoms with Crippen LogP contribution in [0.5, 0.6) is 0 Å². The molecule has 0 N–H and O–H groups in total. The van der Waals surface area contributed by atoms with Crippen LogP contribution in [0.15, 0.2) is 83.8 Å². The monoisotopic (exact) mass is 450 g/mol. The van der Waals surface area contributed by atoms with Crippen molar-refractivity contribution < 1.29 is 14.4 Å². The first-order valence-corrected chi connectivity index (χ1v) is 11.5. The van der Waals surface area contributed by atoms with E-state index in [0.29, 0.717) is 10.7 Å². The molecule has 2 aliphatic rings. The maximum atomic E-state index is 13.5. The van der Waals surface area contributed by atoms with E-state index in [2.05, 4.69) is 0 Å². The van der Waals surface area contributed by atoms with Gasteiger partial charge in [0, 0.05) is 9.92 Å². The van der Waals surface area contributed by atoms with Crippen LogP contribution >= 0.6 is 23.4 Å². The van der Waals surface area contributed by atoms with Gasteiger partial charge in [0.2, 0.25) is 5.91 Å². The molecule has 0 bridgehead atoms. The van der Waals surface area contributed by atoms with Gasteiger partial charge in [-0.2, -0.15) is 0 Å². The number of thioether (sulfide) groups is 1. The average Bonchev–Trinajstić information content (AvgIpc) is 3.31. The van der Waals surface area contributed by atoms with Crippen molar-refractivity contribution in [1.82, 2.24) is 0 Å². The van der Waals surface area contributed by atoms with Gasteiger partial charge in [-0.05, 0) is 60.4 Å². The SMILES string of the molecule is CSc1ccc([C@H]2[C@H]3C(=O)N(c4ccccc4)C(=O)[C@@H]3ON2c2ccc(Cl)cc2)cc1. The Balaban J connectivity index is 1.58. The Labute approximate surface area is 189 Å². The maximum absolute atomic E-state index is 13.5. The zero-order valence-electron chi connectivity index (χ0n) is 16.6. The van der Waals surface area contributed by atoms with Gasteiger partial charge in [-0.3, -0.25) is 14.4 Å². The normalized spacial score (nSPS) is 22.8. The lowest BCUT2D eigenvalue weighted by molar-refractivity contribution is -0.126. The van der Waals surface area contributed by atoms with Gasteiger partial charge in [-0.15, -0.1) is 11.8 Å². The number of rotatable bonds is 4. The van der Waals surface area contributed by atoms with E-state index in [-0.39, 0.29) is 11.8 Å². The largest absolute Gasteiger partial charge is 0.273 e. The minimum absolute atomic E-state index is 0.253. The van der Waals surface area contributed by atoms with Crippen LogP contribution in [0.1, 0.15) is 11.6 Å². The van der Waals surface area contributed by atoms with Crippen molar-refractivity contribution in [3.05, 3.63) is 89.4 Å². The molecule has 5 nitrogen and oxygen atoms in total. The van der Waals surface area contributed by atoms with E-state index in [1.54, 1.807) is 41.1 Å². The third-order valence-electron chi connectivity index (χ3n) is 5.67. The van der Waals surface area contributed by atoms with Crippen LogP contribution in [0.3, 0.4) is 0 Å². The number of benzene rings is 3. The second kappa shape index (κ2) is 8.04. The number of halogens is 1. The van der Waals surface area contributed by atoms with Gasteiger partial charge < -0.3 is 0 Å². The molecule has 0 aromatic heterocycles. The Kier molecular flexibility index (Phi) is 5.22. The predicted octanol–water partition coefficient (Wildman–Crippen LogP) is 5.11. The van der Waals surface area contributed by atoms with Crippen molar-refractivity contribution in [3.63, 3.8) is 0 Å². The number of amides is 2. The number of fused-ring (bicyclic) bond motifs is 1. The number of hydroxylamine groups is 1. The van der Waals surface area contributed by atoms with E-state index in [4.69, 9.17) is 16.4 Å². The van der Waals surface area contributed by atoms with E-state index < -0.39 is 18.1 Å². The molecule has 7 heteroatoms. The Hall–Kier alpha value is -2.80. The van der Waals surface area contributed by atoms with E-state index in [0.717, 1.165) is 16.1 Å². The summed E-state index contributed by atoms with van der Waals surface area (Å²) in [5.41, 5.74) is 2.21. The second-order valence-corrected chi connectivity index (χ2v) is 8.74. The Bertz CT molecular complexity index is 1120. The summed E-state index contributed by atoms with van der Waals surface area (Å²) in [5.74, 6) is -1.25.